The molecule has 0 unspecified atom stereocenters. The summed E-state index contributed by atoms with van der Waals surface area (Å²) in [6.45, 7) is 4.32. The van der Waals surface area contributed by atoms with Crippen molar-refractivity contribution >= 4 is 23.1 Å². The van der Waals surface area contributed by atoms with Gasteiger partial charge in [0.2, 0.25) is 0 Å². The Labute approximate surface area is 82.6 Å². The van der Waals surface area contributed by atoms with Crippen molar-refractivity contribution in [3.8, 4) is 0 Å². The maximum absolute atomic E-state index is 4.22. The van der Waals surface area contributed by atoms with Crippen LogP contribution in [0, 0.1) is 6.92 Å². The zero-order valence-corrected chi connectivity index (χ0v) is 9.30. The van der Waals surface area contributed by atoms with E-state index >= 15 is 0 Å². The second kappa shape index (κ2) is 5.60. The molecule has 1 aromatic rings. The average molecular weight is 201 g/mol. The molecule has 0 aliphatic heterocycles. The minimum Gasteiger partial charge on any atom is -0.250 e. The summed E-state index contributed by atoms with van der Waals surface area (Å²) in [5.41, 5.74) is 3.16. The quantitative estimate of drug-likeness (QED) is 0.679. The van der Waals surface area contributed by atoms with Gasteiger partial charge in [-0.3, -0.25) is 0 Å². The molecule has 0 N–H and O–H groups in total. The molecule has 0 bridgehead atoms. The maximum Gasteiger partial charge on any atom is 0.0797 e. The fourth-order valence-electron chi connectivity index (χ4n) is 0.977. The summed E-state index contributed by atoms with van der Waals surface area (Å²) in [7, 11) is 0. The molecule has 1 heterocycles. The number of aryl methyl sites for hydroxylation is 2. The molecule has 12 heavy (non-hydrogen) atoms. The number of rotatable bonds is 5. The Kier molecular flexibility index (Phi) is 4.69. The monoisotopic (exact) mass is 201 g/mol. The molecule has 1 nitrogen and oxygen atoms in total. The van der Waals surface area contributed by atoms with E-state index < -0.39 is 0 Å². The molecular formula is C9H15NS2. The molecule has 0 fully saturated rings. The van der Waals surface area contributed by atoms with E-state index in [0.717, 1.165) is 0 Å². The molecule has 1 rings (SSSR count). The Morgan fingerprint density at radius 1 is 1.50 bits per heavy atom. The van der Waals surface area contributed by atoms with Crippen LogP contribution in [-0.4, -0.2) is 16.5 Å². The molecule has 0 aliphatic carbocycles. The summed E-state index contributed by atoms with van der Waals surface area (Å²) in [5.74, 6) is 2.54. The number of hydrogen-bond acceptors (Lipinski definition) is 3. The number of hydrogen-bond donors (Lipinski definition) is 0. The average Bonchev–Trinajstić information content (AvgIpc) is 2.46. The van der Waals surface area contributed by atoms with Crippen LogP contribution in [0.4, 0.5) is 0 Å². The Bertz CT molecular complexity index is 220. The lowest BCUT2D eigenvalue weighted by Gasteiger charge is -1.97. The van der Waals surface area contributed by atoms with Gasteiger partial charge in [-0.05, 0) is 31.3 Å². The minimum atomic E-state index is 1.20. The van der Waals surface area contributed by atoms with Crippen LogP contribution in [0.5, 0.6) is 0 Å². The molecule has 3 heteroatoms. The number of thiazole rings is 1. The predicted octanol–water partition coefficient (Wildman–Crippen LogP) is 3.14. The normalized spacial score (nSPS) is 10.5. The highest BCUT2D eigenvalue weighted by Gasteiger charge is 1.99. The third kappa shape index (κ3) is 3.15. The topological polar surface area (TPSA) is 12.9 Å². The van der Waals surface area contributed by atoms with E-state index in [9.17, 15) is 0 Å². The van der Waals surface area contributed by atoms with Gasteiger partial charge in [0.15, 0.2) is 0 Å². The Balaban J connectivity index is 2.20. The van der Waals surface area contributed by atoms with Gasteiger partial charge in [0, 0.05) is 4.88 Å². The maximum atomic E-state index is 4.22. The lowest BCUT2D eigenvalue weighted by Crippen LogP contribution is -1.89. The molecule has 0 saturated carbocycles. The fourth-order valence-corrected chi connectivity index (χ4v) is 2.73. The van der Waals surface area contributed by atoms with Gasteiger partial charge in [-0.25, -0.2) is 4.98 Å². The summed E-state index contributed by atoms with van der Waals surface area (Å²) >= 11 is 3.82. The van der Waals surface area contributed by atoms with Gasteiger partial charge in [-0.1, -0.05) is 6.92 Å². The molecule has 1 aromatic heterocycles. The van der Waals surface area contributed by atoms with E-state index in [1.165, 1.54) is 34.9 Å². The number of thioether (sulfide) groups is 1. The van der Waals surface area contributed by atoms with Crippen LogP contribution >= 0.6 is 23.1 Å². The van der Waals surface area contributed by atoms with Gasteiger partial charge in [0.05, 0.1) is 11.2 Å². The minimum absolute atomic E-state index is 1.20. The van der Waals surface area contributed by atoms with Crippen LogP contribution in [0.1, 0.15) is 23.9 Å². The first kappa shape index (κ1) is 10.1. The summed E-state index contributed by atoms with van der Waals surface area (Å²) in [5, 5.41) is 0. The Morgan fingerprint density at radius 3 is 2.92 bits per heavy atom. The molecule has 0 amide bonds. The fraction of sp³-hybridized carbons (Fsp3) is 0.667. The van der Waals surface area contributed by atoms with Crippen molar-refractivity contribution in [2.45, 2.75) is 26.7 Å². The SMILES string of the molecule is CCCSCCc1scnc1C. The number of nitrogens with zero attached hydrogens (tertiary/aromatic N) is 1. The van der Waals surface area contributed by atoms with Crippen LogP contribution in [0.2, 0.25) is 0 Å². The highest BCUT2D eigenvalue weighted by Crippen LogP contribution is 2.15. The third-order valence-corrected chi connectivity index (χ3v) is 3.85. The first-order valence-electron chi connectivity index (χ1n) is 4.31. The molecule has 0 saturated heterocycles. The molecule has 0 radical (unpaired) electrons. The van der Waals surface area contributed by atoms with Crippen molar-refractivity contribution in [2.75, 3.05) is 11.5 Å². The molecule has 0 atom stereocenters. The van der Waals surface area contributed by atoms with Crippen molar-refractivity contribution in [3.05, 3.63) is 16.1 Å². The highest BCUT2D eigenvalue weighted by molar-refractivity contribution is 7.99. The van der Waals surface area contributed by atoms with Crippen LogP contribution in [0.15, 0.2) is 5.51 Å². The van der Waals surface area contributed by atoms with Crippen molar-refractivity contribution in [2.24, 2.45) is 0 Å². The number of aromatic nitrogens is 1. The van der Waals surface area contributed by atoms with Crippen LogP contribution < -0.4 is 0 Å². The molecule has 0 aliphatic rings. The van der Waals surface area contributed by atoms with Gasteiger partial charge in [0.25, 0.3) is 0 Å². The Hall–Kier alpha value is -0.0200. The first-order valence-corrected chi connectivity index (χ1v) is 6.34. The summed E-state index contributed by atoms with van der Waals surface area (Å²) in [4.78, 5) is 5.68. The van der Waals surface area contributed by atoms with E-state index in [0.29, 0.717) is 0 Å². The molecular weight excluding hydrogens is 186 g/mol. The summed E-state index contributed by atoms with van der Waals surface area (Å²) in [6, 6.07) is 0. The van der Waals surface area contributed by atoms with Gasteiger partial charge < -0.3 is 0 Å². The van der Waals surface area contributed by atoms with Crippen LogP contribution in [-0.2, 0) is 6.42 Å². The van der Waals surface area contributed by atoms with Crippen molar-refractivity contribution in [3.63, 3.8) is 0 Å². The second-order valence-corrected chi connectivity index (χ2v) is 4.89. The smallest absolute Gasteiger partial charge is 0.0797 e. The molecule has 0 spiro atoms. The summed E-state index contributed by atoms with van der Waals surface area (Å²) < 4.78 is 0. The van der Waals surface area contributed by atoms with Gasteiger partial charge in [-0.15, -0.1) is 11.3 Å². The third-order valence-electron chi connectivity index (χ3n) is 1.67. The lowest BCUT2D eigenvalue weighted by molar-refractivity contribution is 1.09. The standard InChI is InChI=1S/C9H15NS2/c1-3-5-11-6-4-9-8(2)10-7-12-9/h7H,3-6H2,1-2H3. The first-order chi connectivity index (χ1) is 5.84. The van der Waals surface area contributed by atoms with Crippen molar-refractivity contribution < 1.29 is 0 Å². The highest BCUT2D eigenvalue weighted by atomic mass is 32.2. The van der Waals surface area contributed by atoms with Crippen LogP contribution in [0.25, 0.3) is 0 Å². The predicted molar refractivity (Wildman–Crippen MR) is 58.2 cm³/mol. The van der Waals surface area contributed by atoms with Gasteiger partial charge in [-0.2, -0.15) is 11.8 Å². The Morgan fingerprint density at radius 2 is 2.33 bits per heavy atom. The summed E-state index contributed by atoms with van der Waals surface area (Å²) in [6.07, 6.45) is 2.48. The van der Waals surface area contributed by atoms with Crippen molar-refractivity contribution in [1.82, 2.24) is 4.98 Å². The largest absolute Gasteiger partial charge is 0.250 e. The van der Waals surface area contributed by atoms with Crippen molar-refractivity contribution in [1.29, 1.82) is 0 Å². The van der Waals surface area contributed by atoms with E-state index in [2.05, 4.69) is 18.8 Å². The second-order valence-electron chi connectivity index (χ2n) is 2.72. The van der Waals surface area contributed by atoms with E-state index in [-0.39, 0.29) is 0 Å². The van der Waals surface area contributed by atoms with Gasteiger partial charge in [0.1, 0.15) is 0 Å². The molecule has 68 valence electrons. The van der Waals surface area contributed by atoms with E-state index in [4.69, 9.17) is 0 Å². The zero-order chi connectivity index (χ0) is 8.81. The van der Waals surface area contributed by atoms with E-state index in [1.54, 1.807) is 11.3 Å². The van der Waals surface area contributed by atoms with E-state index in [1.807, 2.05) is 17.3 Å². The zero-order valence-electron chi connectivity index (χ0n) is 7.67. The van der Waals surface area contributed by atoms with Crippen LogP contribution in [0.3, 0.4) is 0 Å². The molecule has 0 aromatic carbocycles. The lowest BCUT2D eigenvalue weighted by atomic mass is 10.3. The van der Waals surface area contributed by atoms with Gasteiger partial charge >= 0.3 is 0 Å².